The van der Waals surface area contributed by atoms with Crippen molar-refractivity contribution in [1.29, 1.82) is 0 Å². The van der Waals surface area contributed by atoms with E-state index in [0.29, 0.717) is 31.6 Å². The van der Waals surface area contributed by atoms with Gasteiger partial charge < -0.3 is 33.8 Å². The molecule has 0 aromatic heterocycles. The minimum atomic E-state index is -4.95. The van der Waals surface area contributed by atoms with Gasteiger partial charge in [-0.1, -0.05) is 318 Å². The van der Waals surface area contributed by atoms with E-state index in [-0.39, 0.29) is 25.7 Å². The van der Waals surface area contributed by atoms with Crippen LogP contribution in [0.5, 0.6) is 0 Å². The molecule has 0 radical (unpaired) electrons. The SMILES string of the molecule is CCCCCCCCCCCCCCCCCCCCC(=O)O[C@H](COC(=O)CCCCCCCCCCCCC(C)C)COP(=O)(O)OC[C@@H](O)COP(=O)(O)OC[C@@H](COC(=O)CCCCCCCCCCCC)OC(=O)CCCCCCCCCC(C)C. The average Bonchev–Trinajstić information content (AvgIpc) is 3.27. The minimum absolute atomic E-state index is 0.104. The summed E-state index contributed by atoms with van der Waals surface area (Å²) in [7, 11) is -9.90. The van der Waals surface area contributed by atoms with Crippen molar-refractivity contribution < 1.29 is 80.2 Å². The molecule has 0 aliphatic rings. The number of esters is 4. The van der Waals surface area contributed by atoms with Crippen molar-refractivity contribution in [2.75, 3.05) is 39.6 Å². The van der Waals surface area contributed by atoms with Crippen molar-refractivity contribution in [2.24, 2.45) is 11.8 Å². The third-order valence-corrected chi connectivity index (χ3v) is 18.6. The molecule has 0 rings (SSSR count). The molecule has 3 N–H and O–H groups in total. The molecule has 91 heavy (non-hydrogen) atoms. The molecule has 0 fully saturated rings. The van der Waals surface area contributed by atoms with Crippen molar-refractivity contribution in [3.8, 4) is 0 Å². The van der Waals surface area contributed by atoms with Crippen molar-refractivity contribution in [1.82, 2.24) is 0 Å². The second kappa shape index (κ2) is 64.1. The molecule has 5 atom stereocenters. The van der Waals surface area contributed by atoms with Crippen LogP contribution in [0.15, 0.2) is 0 Å². The van der Waals surface area contributed by atoms with Crippen LogP contribution in [0, 0.1) is 11.8 Å². The van der Waals surface area contributed by atoms with E-state index in [0.717, 1.165) is 95.8 Å². The van der Waals surface area contributed by atoms with Crippen LogP contribution >= 0.6 is 15.6 Å². The highest BCUT2D eigenvalue weighted by molar-refractivity contribution is 7.47. The summed E-state index contributed by atoms with van der Waals surface area (Å²) in [5, 5.41) is 10.6. The summed E-state index contributed by atoms with van der Waals surface area (Å²) < 4.78 is 68.3. The summed E-state index contributed by atoms with van der Waals surface area (Å²) in [5.74, 6) is -0.669. The number of phosphoric acid groups is 2. The van der Waals surface area contributed by atoms with Gasteiger partial charge in [0, 0.05) is 25.7 Å². The molecule has 0 aromatic rings. The van der Waals surface area contributed by atoms with Crippen LogP contribution in [0.2, 0.25) is 0 Å². The summed E-state index contributed by atoms with van der Waals surface area (Å²) in [6.07, 6.45) is 50.1. The maximum Gasteiger partial charge on any atom is 0.472 e. The third-order valence-electron chi connectivity index (χ3n) is 16.7. The second-order valence-electron chi connectivity index (χ2n) is 26.9. The molecule has 0 heterocycles. The molecule has 0 saturated carbocycles. The number of rotatable bonds is 71. The third kappa shape index (κ3) is 66.5. The van der Waals surface area contributed by atoms with Crippen molar-refractivity contribution >= 4 is 39.5 Å². The first-order chi connectivity index (χ1) is 43.9. The van der Waals surface area contributed by atoms with Gasteiger partial charge in [-0.3, -0.25) is 37.3 Å². The Kier molecular flexibility index (Phi) is 62.7. The molecule has 0 aliphatic heterocycles. The Labute approximate surface area is 556 Å². The smallest absolute Gasteiger partial charge is 0.462 e. The molecule has 0 aromatic carbocycles. The first-order valence-corrected chi connectivity index (χ1v) is 40.5. The van der Waals surface area contributed by atoms with E-state index in [2.05, 4.69) is 41.5 Å². The number of carbonyl (C=O) groups is 4. The highest BCUT2D eigenvalue weighted by Gasteiger charge is 2.30. The largest absolute Gasteiger partial charge is 0.472 e. The molecule has 0 aliphatic carbocycles. The standard InChI is InChI=1S/C72H140O17P2/c1-7-9-11-13-15-17-19-20-21-22-23-24-25-26-32-38-44-50-56-71(76)88-67(60-83-70(75)55-49-43-37-31-28-27-29-34-40-46-52-64(3)4)62-86-90(78,79)84-58-66(73)59-85-91(80,81)87-63-68(89-72(77)57-51-45-39-33-35-41-47-53-65(5)6)61-82-69(74)54-48-42-36-30-18-16-14-12-10-8-2/h64-68,73H,7-63H2,1-6H3,(H,78,79)(H,80,81)/t66-,67-,68-/m1/s1. The molecule has 0 spiro atoms. The van der Waals surface area contributed by atoms with Gasteiger partial charge in [-0.15, -0.1) is 0 Å². The van der Waals surface area contributed by atoms with E-state index in [1.165, 1.54) is 186 Å². The summed E-state index contributed by atoms with van der Waals surface area (Å²) in [4.78, 5) is 72.6. The lowest BCUT2D eigenvalue weighted by Gasteiger charge is -2.21. The molecule has 540 valence electrons. The highest BCUT2D eigenvalue weighted by atomic mass is 31.2. The predicted molar refractivity (Wildman–Crippen MR) is 368 cm³/mol. The highest BCUT2D eigenvalue weighted by Crippen LogP contribution is 2.45. The maximum absolute atomic E-state index is 13.0. The number of unbranched alkanes of at least 4 members (excludes halogenated alkanes) is 41. The van der Waals surface area contributed by atoms with Crippen LogP contribution in [0.1, 0.15) is 369 Å². The number of ether oxygens (including phenoxy) is 4. The van der Waals surface area contributed by atoms with E-state index >= 15 is 0 Å². The van der Waals surface area contributed by atoms with Crippen LogP contribution in [-0.4, -0.2) is 96.7 Å². The lowest BCUT2D eigenvalue weighted by Crippen LogP contribution is -2.30. The first kappa shape index (κ1) is 89.1. The topological polar surface area (TPSA) is 237 Å². The predicted octanol–water partition coefficient (Wildman–Crippen LogP) is 20.8. The number of hydrogen-bond donors (Lipinski definition) is 3. The van der Waals surface area contributed by atoms with Crippen LogP contribution in [0.25, 0.3) is 0 Å². The Bertz CT molecular complexity index is 1770. The molecule has 0 bridgehead atoms. The zero-order valence-electron chi connectivity index (χ0n) is 59.1. The summed E-state index contributed by atoms with van der Waals surface area (Å²) in [6.45, 7) is 9.49. The van der Waals surface area contributed by atoms with Gasteiger partial charge in [0.25, 0.3) is 0 Å². The molecule has 0 amide bonds. The van der Waals surface area contributed by atoms with Gasteiger partial charge in [0.05, 0.1) is 26.4 Å². The number of aliphatic hydroxyl groups excluding tert-OH is 1. The van der Waals surface area contributed by atoms with Crippen molar-refractivity contribution in [2.45, 2.75) is 387 Å². The summed E-state index contributed by atoms with van der Waals surface area (Å²) in [5.41, 5.74) is 0. The average molecular weight is 1340 g/mol. The van der Waals surface area contributed by atoms with Gasteiger partial charge in [-0.25, -0.2) is 9.13 Å². The first-order valence-electron chi connectivity index (χ1n) is 37.5. The molecule has 19 heteroatoms. The van der Waals surface area contributed by atoms with Gasteiger partial charge >= 0.3 is 39.5 Å². The number of aliphatic hydroxyl groups is 1. The van der Waals surface area contributed by atoms with E-state index in [9.17, 15) is 43.2 Å². The molecule has 17 nitrogen and oxygen atoms in total. The van der Waals surface area contributed by atoms with Crippen molar-refractivity contribution in [3.05, 3.63) is 0 Å². The normalized spacial score (nSPS) is 14.1. The van der Waals surface area contributed by atoms with Crippen LogP contribution < -0.4 is 0 Å². The summed E-state index contributed by atoms with van der Waals surface area (Å²) in [6, 6.07) is 0. The van der Waals surface area contributed by atoms with Crippen LogP contribution in [0.4, 0.5) is 0 Å². The summed E-state index contributed by atoms with van der Waals surface area (Å²) >= 11 is 0. The van der Waals surface area contributed by atoms with E-state index in [1.54, 1.807) is 0 Å². The second-order valence-corrected chi connectivity index (χ2v) is 29.8. The minimum Gasteiger partial charge on any atom is -0.462 e. The monoisotopic (exact) mass is 1340 g/mol. The number of carbonyl (C=O) groups excluding carboxylic acids is 4. The Hall–Kier alpha value is -1.94. The van der Waals surface area contributed by atoms with Gasteiger partial charge in [0.1, 0.15) is 19.3 Å². The lowest BCUT2D eigenvalue weighted by molar-refractivity contribution is -0.161. The quantitative estimate of drug-likeness (QED) is 0.0222. The van der Waals surface area contributed by atoms with E-state index in [1.807, 2.05) is 0 Å². The van der Waals surface area contributed by atoms with Gasteiger partial charge in [-0.2, -0.15) is 0 Å². The van der Waals surface area contributed by atoms with Gasteiger partial charge in [0.2, 0.25) is 0 Å². The number of phosphoric ester groups is 2. The van der Waals surface area contributed by atoms with Crippen LogP contribution in [0.3, 0.4) is 0 Å². The zero-order chi connectivity index (χ0) is 67.2. The Morgan fingerprint density at radius 2 is 0.505 bits per heavy atom. The van der Waals surface area contributed by atoms with Crippen molar-refractivity contribution in [3.63, 3.8) is 0 Å². The fourth-order valence-corrected chi connectivity index (χ4v) is 12.5. The molecular formula is C72H140O17P2. The number of hydrogen-bond acceptors (Lipinski definition) is 15. The van der Waals surface area contributed by atoms with Gasteiger partial charge in [-0.05, 0) is 37.5 Å². The Morgan fingerprint density at radius 1 is 0.297 bits per heavy atom. The zero-order valence-corrected chi connectivity index (χ0v) is 60.9. The fourth-order valence-electron chi connectivity index (χ4n) is 10.9. The lowest BCUT2D eigenvalue weighted by atomic mass is 10.0. The van der Waals surface area contributed by atoms with Gasteiger partial charge in [0.15, 0.2) is 12.2 Å². The molecule has 0 saturated heterocycles. The Morgan fingerprint density at radius 3 is 0.747 bits per heavy atom. The Balaban J connectivity index is 5.22. The fraction of sp³-hybridized carbons (Fsp3) is 0.944. The van der Waals surface area contributed by atoms with E-state index in [4.69, 9.17) is 37.0 Å². The van der Waals surface area contributed by atoms with Crippen LogP contribution in [-0.2, 0) is 65.4 Å². The maximum atomic E-state index is 13.0. The molecule has 2 unspecified atom stereocenters. The molecular weight excluding hydrogens is 1200 g/mol. The van der Waals surface area contributed by atoms with E-state index < -0.39 is 97.5 Å².